The molecule has 27 heavy (non-hydrogen) atoms. The number of nitrogens with zero attached hydrogens (tertiary/aromatic N) is 2. The third-order valence-electron chi connectivity index (χ3n) is 4.71. The number of hydrazone groups is 1. The van der Waals surface area contributed by atoms with Gasteiger partial charge in [0.2, 0.25) is 0 Å². The first-order valence-corrected chi connectivity index (χ1v) is 9.84. The van der Waals surface area contributed by atoms with Gasteiger partial charge >= 0.3 is 0 Å². The van der Waals surface area contributed by atoms with Crippen LogP contribution in [0, 0.1) is 0 Å². The van der Waals surface area contributed by atoms with E-state index in [1.54, 1.807) is 11.3 Å². The number of carbonyl (C=O) groups is 1. The van der Waals surface area contributed by atoms with Gasteiger partial charge in [0, 0.05) is 34.2 Å². The largest absolute Gasteiger partial charge is 0.378 e. The first kappa shape index (κ1) is 17.7. The molecule has 6 heteroatoms. The van der Waals surface area contributed by atoms with Crippen LogP contribution in [0.2, 0.25) is 0 Å². The second kappa shape index (κ2) is 7.90. The summed E-state index contributed by atoms with van der Waals surface area (Å²) in [5, 5.41) is 7.13. The quantitative estimate of drug-likeness (QED) is 0.553. The number of fused-ring (bicyclic) bond motifs is 1. The summed E-state index contributed by atoms with van der Waals surface area (Å²) in [6, 6.07) is 16.1. The topological polar surface area (TPSA) is 53.9 Å². The molecule has 3 aromatic rings. The van der Waals surface area contributed by atoms with Gasteiger partial charge in [-0.3, -0.25) is 4.79 Å². The minimum absolute atomic E-state index is 0.184. The van der Waals surface area contributed by atoms with Crippen molar-refractivity contribution in [1.29, 1.82) is 0 Å². The van der Waals surface area contributed by atoms with Crippen LogP contribution in [0.3, 0.4) is 0 Å². The van der Waals surface area contributed by atoms with Crippen LogP contribution in [-0.2, 0) is 4.74 Å². The van der Waals surface area contributed by atoms with Crippen molar-refractivity contribution >= 4 is 38.7 Å². The number of amides is 1. The molecule has 0 saturated carbocycles. The molecule has 0 unspecified atom stereocenters. The van der Waals surface area contributed by atoms with Crippen LogP contribution in [0.25, 0.3) is 10.1 Å². The van der Waals surface area contributed by atoms with Crippen molar-refractivity contribution in [3.8, 4) is 0 Å². The van der Waals surface area contributed by atoms with Crippen LogP contribution < -0.4 is 10.3 Å². The fraction of sp³-hybridized carbons (Fsp3) is 0.238. The lowest BCUT2D eigenvalue weighted by Crippen LogP contribution is -2.36. The van der Waals surface area contributed by atoms with Crippen molar-refractivity contribution in [3.63, 3.8) is 0 Å². The Labute approximate surface area is 162 Å². The van der Waals surface area contributed by atoms with Crippen molar-refractivity contribution in [2.75, 3.05) is 31.2 Å². The summed E-state index contributed by atoms with van der Waals surface area (Å²) in [5.74, 6) is -0.184. The number of nitrogens with one attached hydrogen (secondary N) is 1. The van der Waals surface area contributed by atoms with Gasteiger partial charge in [-0.05, 0) is 30.7 Å². The number of hydrogen-bond donors (Lipinski definition) is 1. The Bertz CT molecular complexity index is 973. The molecule has 138 valence electrons. The van der Waals surface area contributed by atoms with Gasteiger partial charge in [0.1, 0.15) is 0 Å². The molecule has 0 bridgehead atoms. The van der Waals surface area contributed by atoms with E-state index in [1.807, 2.05) is 48.7 Å². The molecular weight excluding hydrogens is 358 g/mol. The van der Waals surface area contributed by atoms with Gasteiger partial charge in [-0.25, -0.2) is 5.43 Å². The molecule has 2 heterocycles. The fourth-order valence-corrected chi connectivity index (χ4v) is 4.09. The second-order valence-electron chi connectivity index (χ2n) is 6.43. The molecule has 1 fully saturated rings. The summed E-state index contributed by atoms with van der Waals surface area (Å²) in [6.45, 7) is 5.26. The molecule has 5 nitrogen and oxygen atoms in total. The molecule has 1 aromatic heterocycles. The molecule has 4 rings (SSSR count). The van der Waals surface area contributed by atoms with E-state index >= 15 is 0 Å². The van der Waals surface area contributed by atoms with E-state index in [2.05, 4.69) is 27.6 Å². The van der Waals surface area contributed by atoms with E-state index < -0.39 is 0 Å². The van der Waals surface area contributed by atoms with Crippen molar-refractivity contribution in [2.24, 2.45) is 5.10 Å². The Kier molecular flexibility index (Phi) is 5.18. The van der Waals surface area contributed by atoms with Gasteiger partial charge in [0.05, 0.1) is 24.5 Å². The summed E-state index contributed by atoms with van der Waals surface area (Å²) in [5.41, 5.74) is 6.29. The Hall–Kier alpha value is -2.70. The van der Waals surface area contributed by atoms with E-state index in [4.69, 9.17) is 4.74 Å². The van der Waals surface area contributed by atoms with Gasteiger partial charge in [-0.1, -0.05) is 30.3 Å². The SMILES string of the molecule is C/C(=N\NC(=O)c1csc2ccccc12)c1ccc(N2CCOCC2)cc1. The maximum absolute atomic E-state index is 12.5. The third kappa shape index (κ3) is 3.86. The summed E-state index contributed by atoms with van der Waals surface area (Å²) < 4.78 is 6.49. The zero-order valence-corrected chi connectivity index (χ0v) is 16.0. The van der Waals surface area contributed by atoms with Crippen LogP contribution >= 0.6 is 11.3 Å². The molecule has 0 spiro atoms. The monoisotopic (exact) mass is 379 g/mol. The number of rotatable bonds is 4. The maximum Gasteiger partial charge on any atom is 0.272 e. The normalized spacial score (nSPS) is 15.1. The molecule has 1 aliphatic heterocycles. The van der Waals surface area contributed by atoms with Gasteiger partial charge in [-0.15, -0.1) is 11.3 Å². The van der Waals surface area contributed by atoms with Gasteiger partial charge in [0.15, 0.2) is 0 Å². The predicted octanol–water partition coefficient (Wildman–Crippen LogP) is 3.89. The Morgan fingerprint density at radius 2 is 1.85 bits per heavy atom. The number of ether oxygens (including phenoxy) is 1. The molecule has 0 atom stereocenters. The highest BCUT2D eigenvalue weighted by molar-refractivity contribution is 7.17. The average Bonchev–Trinajstić information content (AvgIpc) is 3.17. The molecular formula is C21H21N3O2S. The Balaban J connectivity index is 1.45. The number of anilines is 1. The first-order chi connectivity index (χ1) is 13.2. The van der Waals surface area contributed by atoms with Gasteiger partial charge in [0.25, 0.3) is 5.91 Å². The van der Waals surface area contributed by atoms with Crippen molar-refractivity contribution in [2.45, 2.75) is 6.92 Å². The summed E-state index contributed by atoms with van der Waals surface area (Å²) in [6.07, 6.45) is 0. The molecule has 1 saturated heterocycles. The number of thiophene rings is 1. The Morgan fingerprint density at radius 1 is 1.11 bits per heavy atom. The summed E-state index contributed by atoms with van der Waals surface area (Å²) >= 11 is 1.57. The smallest absolute Gasteiger partial charge is 0.272 e. The molecule has 1 N–H and O–H groups in total. The molecule has 1 aliphatic rings. The minimum Gasteiger partial charge on any atom is -0.378 e. The standard InChI is InChI=1S/C21H21N3O2S/c1-15(16-6-8-17(9-7-16)24-10-12-26-13-11-24)22-23-21(25)19-14-27-20-5-3-2-4-18(19)20/h2-9,14H,10-13H2,1H3,(H,23,25)/b22-15+. The predicted molar refractivity (Wildman–Crippen MR) is 111 cm³/mol. The summed E-state index contributed by atoms with van der Waals surface area (Å²) in [7, 11) is 0. The maximum atomic E-state index is 12.5. The van der Waals surface area contributed by atoms with Crippen molar-refractivity contribution < 1.29 is 9.53 Å². The number of morpholine rings is 1. The van der Waals surface area contributed by atoms with Crippen LogP contribution in [0.4, 0.5) is 5.69 Å². The highest BCUT2D eigenvalue weighted by atomic mass is 32.1. The van der Waals surface area contributed by atoms with Crippen molar-refractivity contribution in [3.05, 3.63) is 65.0 Å². The summed E-state index contributed by atoms with van der Waals surface area (Å²) in [4.78, 5) is 14.8. The minimum atomic E-state index is -0.184. The first-order valence-electron chi connectivity index (χ1n) is 8.96. The van der Waals surface area contributed by atoms with Crippen molar-refractivity contribution in [1.82, 2.24) is 5.43 Å². The molecule has 0 radical (unpaired) electrons. The van der Waals surface area contributed by atoms with Crippen LogP contribution in [0.1, 0.15) is 22.8 Å². The lowest BCUT2D eigenvalue weighted by Gasteiger charge is -2.28. The van der Waals surface area contributed by atoms with E-state index in [-0.39, 0.29) is 5.91 Å². The van der Waals surface area contributed by atoms with E-state index in [9.17, 15) is 4.79 Å². The third-order valence-corrected chi connectivity index (χ3v) is 5.68. The van der Waals surface area contributed by atoms with Gasteiger partial charge < -0.3 is 9.64 Å². The average molecular weight is 379 g/mol. The highest BCUT2D eigenvalue weighted by Gasteiger charge is 2.13. The molecule has 1 amide bonds. The lowest BCUT2D eigenvalue weighted by molar-refractivity contribution is 0.0957. The Morgan fingerprint density at radius 3 is 2.63 bits per heavy atom. The van der Waals surface area contributed by atoms with E-state index in [1.165, 1.54) is 5.69 Å². The van der Waals surface area contributed by atoms with E-state index in [0.29, 0.717) is 5.56 Å². The zero-order chi connectivity index (χ0) is 18.6. The highest BCUT2D eigenvalue weighted by Crippen LogP contribution is 2.25. The van der Waals surface area contributed by atoms with Gasteiger partial charge in [-0.2, -0.15) is 5.10 Å². The molecule has 2 aromatic carbocycles. The van der Waals surface area contributed by atoms with Crippen LogP contribution in [0.15, 0.2) is 59.0 Å². The number of benzene rings is 2. The van der Waals surface area contributed by atoms with Crippen LogP contribution in [-0.4, -0.2) is 37.9 Å². The second-order valence-corrected chi connectivity index (χ2v) is 7.34. The molecule has 0 aliphatic carbocycles. The van der Waals surface area contributed by atoms with Crippen LogP contribution in [0.5, 0.6) is 0 Å². The lowest BCUT2D eigenvalue weighted by atomic mass is 10.1. The fourth-order valence-electron chi connectivity index (χ4n) is 3.15. The zero-order valence-electron chi connectivity index (χ0n) is 15.1. The van der Waals surface area contributed by atoms with E-state index in [0.717, 1.165) is 47.7 Å². The number of hydrogen-bond acceptors (Lipinski definition) is 5. The number of carbonyl (C=O) groups excluding carboxylic acids is 1.